The van der Waals surface area contributed by atoms with Crippen molar-refractivity contribution in [3.05, 3.63) is 23.8 Å². The molecule has 1 unspecified atom stereocenters. The van der Waals surface area contributed by atoms with Gasteiger partial charge in [-0.1, -0.05) is 6.07 Å². The first-order chi connectivity index (χ1) is 9.19. The molecule has 0 radical (unpaired) electrons. The molecule has 0 saturated heterocycles. The molecule has 1 aromatic rings. The van der Waals surface area contributed by atoms with E-state index >= 15 is 0 Å². The molecule has 1 atom stereocenters. The summed E-state index contributed by atoms with van der Waals surface area (Å²) in [4.78, 5) is 0. The summed E-state index contributed by atoms with van der Waals surface area (Å²) >= 11 is 0. The van der Waals surface area contributed by atoms with Gasteiger partial charge in [0.05, 0.1) is 13.2 Å². The first-order valence-electron chi connectivity index (χ1n) is 6.21. The van der Waals surface area contributed by atoms with Crippen LogP contribution in [0.3, 0.4) is 0 Å². The van der Waals surface area contributed by atoms with Crippen LogP contribution in [0.15, 0.2) is 18.2 Å². The van der Waals surface area contributed by atoms with Gasteiger partial charge in [0.15, 0.2) is 11.5 Å². The van der Waals surface area contributed by atoms with E-state index in [9.17, 15) is 12.8 Å². The molecule has 0 aliphatic carbocycles. The topological polar surface area (TPSA) is 52.6 Å². The molecule has 1 aromatic carbocycles. The maximum absolute atomic E-state index is 14.5. The van der Waals surface area contributed by atoms with Crippen molar-refractivity contribution in [2.75, 3.05) is 19.0 Å². The molecule has 0 amide bonds. The maximum atomic E-state index is 14.5. The lowest BCUT2D eigenvalue weighted by Gasteiger charge is -2.21. The second kappa shape index (κ2) is 6.63. The summed E-state index contributed by atoms with van der Waals surface area (Å²) in [5, 5.41) is 0. The number of alkyl halides is 1. The number of halogens is 2. The Bertz CT molecular complexity index is 557. The van der Waals surface area contributed by atoms with E-state index in [1.807, 2.05) is 6.92 Å². The van der Waals surface area contributed by atoms with Crippen LogP contribution < -0.4 is 9.47 Å². The van der Waals surface area contributed by atoms with Gasteiger partial charge in [0.25, 0.3) is 0 Å². The highest BCUT2D eigenvalue weighted by molar-refractivity contribution is 8.13. The molecule has 0 fully saturated rings. The Morgan fingerprint density at radius 1 is 1.20 bits per heavy atom. The predicted octanol–water partition coefficient (Wildman–Crippen LogP) is 3.24. The highest BCUT2D eigenvalue weighted by Crippen LogP contribution is 2.35. The van der Waals surface area contributed by atoms with Crippen LogP contribution in [0.1, 0.15) is 26.3 Å². The third-order valence-electron chi connectivity index (χ3n) is 2.59. The van der Waals surface area contributed by atoms with E-state index < -0.39 is 20.5 Å². The summed E-state index contributed by atoms with van der Waals surface area (Å²) in [5.41, 5.74) is -1.93. The van der Waals surface area contributed by atoms with Crippen molar-refractivity contribution >= 4 is 19.7 Å². The maximum Gasteiger partial charge on any atom is 0.236 e. The molecule has 0 aliphatic heterocycles. The van der Waals surface area contributed by atoms with Crippen LogP contribution in [0.4, 0.5) is 4.39 Å². The molecule has 0 aliphatic rings. The molecule has 0 bridgehead atoms. The Balaban J connectivity index is 3.16. The average Bonchev–Trinajstić information content (AvgIpc) is 2.28. The van der Waals surface area contributed by atoms with Crippen molar-refractivity contribution < 1.29 is 22.3 Å². The van der Waals surface area contributed by atoms with E-state index in [-0.39, 0.29) is 5.56 Å². The number of hydrogen-bond acceptors (Lipinski definition) is 4. The van der Waals surface area contributed by atoms with Gasteiger partial charge in [-0.3, -0.25) is 0 Å². The molecular weight excluding hydrogens is 307 g/mol. The summed E-state index contributed by atoms with van der Waals surface area (Å²) in [6, 6.07) is 4.47. The Kier molecular flexibility index (Phi) is 5.65. The van der Waals surface area contributed by atoms with Crippen molar-refractivity contribution in [1.29, 1.82) is 0 Å². The molecule has 0 N–H and O–H groups in total. The quantitative estimate of drug-likeness (QED) is 0.722. The fourth-order valence-electron chi connectivity index (χ4n) is 1.78. The van der Waals surface area contributed by atoms with Crippen LogP contribution in [0.5, 0.6) is 11.5 Å². The van der Waals surface area contributed by atoms with E-state index in [1.54, 1.807) is 13.0 Å². The van der Waals surface area contributed by atoms with Crippen LogP contribution in [0.2, 0.25) is 0 Å². The first-order valence-corrected chi connectivity index (χ1v) is 8.69. The molecule has 0 heterocycles. The number of ether oxygens (including phenoxy) is 2. The number of benzene rings is 1. The Morgan fingerprint density at radius 3 is 2.25 bits per heavy atom. The largest absolute Gasteiger partial charge is 0.490 e. The van der Waals surface area contributed by atoms with E-state index in [2.05, 4.69) is 0 Å². The van der Waals surface area contributed by atoms with Gasteiger partial charge >= 0.3 is 0 Å². The second-order valence-corrected chi connectivity index (χ2v) is 7.19. The summed E-state index contributed by atoms with van der Waals surface area (Å²) in [6.07, 6.45) is 0. The third kappa shape index (κ3) is 4.83. The minimum atomic E-state index is -3.95. The molecule has 1 rings (SSSR count). The van der Waals surface area contributed by atoms with Gasteiger partial charge in [0.1, 0.15) is 11.4 Å². The Hall–Kier alpha value is -1.01. The van der Waals surface area contributed by atoms with Crippen molar-refractivity contribution in [1.82, 2.24) is 0 Å². The Labute approximate surface area is 123 Å². The van der Waals surface area contributed by atoms with Gasteiger partial charge in [-0.15, -0.1) is 0 Å². The van der Waals surface area contributed by atoms with Crippen LogP contribution in [-0.2, 0) is 14.7 Å². The van der Waals surface area contributed by atoms with Crippen LogP contribution in [0, 0.1) is 0 Å². The summed E-state index contributed by atoms with van der Waals surface area (Å²) in [7, 11) is 1.18. The van der Waals surface area contributed by atoms with Gasteiger partial charge in [0, 0.05) is 10.7 Å². The highest BCUT2D eigenvalue weighted by Gasteiger charge is 2.32. The van der Waals surface area contributed by atoms with Gasteiger partial charge < -0.3 is 9.47 Å². The van der Waals surface area contributed by atoms with Crippen molar-refractivity contribution in [3.63, 3.8) is 0 Å². The Morgan fingerprint density at radius 2 is 1.75 bits per heavy atom. The summed E-state index contributed by atoms with van der Waals surface area (Å²) < 4.78 is 47.4. The lowest BCUT2D eigenvalue weighted by atomic mass is 9.99. The highest BCUT2D eigenvalue weighted by atomic mass is 35.7. The lowest BCUT2D eigenvalue weighted by Crippen LogP contribution is -2.24. The van der Waals surface area contributed by atoms with Crippen molar-refractivity contribution in [3.8, 4) is 11.5 Å². The van der Waals surface area contributed by atoms with Crippen molar-refractivity contribution in [2.45, 2.75) is 26.4 Å². The standard InChI is InChI=1S/C13H18ClFO4S/c1-4-18-11-7-6-10(8-12(11)19-5-2)13(3,15)9-20(14,16)17/h6-8H,4-5,9H2,1-3H3. The van der Waals surface area contributed by atoms with Crippen LogP contribution in [0.25, 0.3) is 0 Å². The fraction of sp³-hybridized carbons (Fsp3) is 0.538. The molecular formula is C13H18ClFO4S. The molecule has 4 nitrogen and oxygen atoms in total. The van der Waals surface area contributed by atoms with Gasteiger partial charge in [0.2, 0.25) is 9.05 Å². The third-order valence-corrected chi connectivity index (χ3v) is 3.80. The van der Waals surface area contributed by atoms with E-state index in [1.165, 1.54) is 19.1 Å². The van der Waals surface area contributed by atoms with Crippen LogP contribution >= 0.6 is 10.7 Å². The fourth-order valence-corrected chi connectivity index (χ4v) is 3.21. The monoisotopic (exact) mass is 324 g/mol. The van der Waals surface area contributed by atoms with Crippen LogP contribution in [-0.4, -0.2) is 27.4 Å². The molecule has 7 heteroatoms. The second-order valence-electron chi connectivity index (χ2n) is 4.41. The molecule has 20 heavy (non-hydrogen) atoms. The number of rotatable bonds is 7. The zero-order chi connectivity index (χ0) is 15.4. The van der Waals surface area contributed by atoms with E-state index in [0.717, 1.165) is 0 Å². The zero-order valence-electron chi connectivity index (χ0n) is 11.7. The van der Waals surface area contributed by atoms with Gasteiger partial charge in [-0.2, -0.15) is 0 Å². The van der Waals surface area contributed by atoms with E-state index in [4.69, 9.17) is 20.2 Å². The molecule has 0 saturated carbocycles. The minimum absolute atomic E-state index is 0.175. The zero-order valence-corrected chi connectivity index (χ0v) is 13.2. The summed E-state index contributed by atoms with van der Waals surface area (Å²) in [5.74, 6) is 0.0616. The van der Waals surface area contributed by atoms with E-state index in [0.29, 0.717) is 24.7 Å². The number of hydrogen-bond donors (Lipinski definition) is 0. The first kappa shape index (κ1) is 17.0. The normalized spacial score (nSPS) is 14.7. The summed E-state index contributed by atoms with van der Waals surface area (Å²) in [6.45, 7) is 5.62. The minimum Gasteiger partial charge on any atom is -0.490 e. The predicted molar refractivity (Wildman–Crippen MR) is 76.9 cm³/mol. The average molecular weight is 325 g/mol. The van der Waals surface area contributed by atoms with Gasteiger partial charge in [-0.05, 0) is 38.5 Å². The smallest absolute Gasteiger partial charge is 0.236 e. The lowest BCUT2D eigenvalue weighted by molar-refractivity contribution is 0.223. The SMILES string of the molecule is CCOc1ccc(C(C)(F)CS(=O)(=O)Cl)cc1OCC. The van der Waals surface area contributed by atoms with Crippen molar-refractivity contribution in [2.24, 2.45) is 0 Å². The molecule has 114 valence electrons. The molecule has 0 aromatic heterocycles. The molecule has 0 spiro atoms. The van der Waals surface area contributed by atoms with Gasteiger partial charge in [-0.25, -0.2) is 12.8 Å².